The summed E-state index contributed by atoms with van der Waals surface area (Å²) in [4.78, 5) is 32.3. The fourth-order valence-corrected chi connectivity index (χ4v) is 10.4. The van der Waals surface area contributed by atoms with Gasteiger partial charge in [-0.2, -0.15) is 0 Å². The van der Waals surface area contributed by atoms with Gasteiger partial charge in [0.05, 0.1) is 24.3 Å². The standard InChI is InChI=1S/C22H27NO2.C21H25NO2.CH4/c1-20(2)18-11-12-22(25-5,13-16-9-7-6-8-10-16)15-21(18,3)14-17(23-4)19(20)24;1-19(2)17-10-11-21(24,12-15-8-6-5-7-9-15)14-20(17,3)13-16(22-4)18(19)23;/h6-10,14,18H,11-13,15H2,1-3,5H3;5-9,13,17,24H,10-12,14H2,1-3H3;1H4/t18-,21+,22+;17-,20+,21+;/m00./s1. The number of hydrogen-bond acceptors (Lipinski definition) is 4. The second-order valence-electron chi connectivity index (χ2n) is 16.9. The number of ether oxygens (including phenoxy) is 1. The van der Waals surface area contributed by atoms with E-state index >= 15 is 0 Å². The van der Waals surface area contributed by atoms with Crippen molar-refractivity contribution >= 4 is 11.6 Å². The van der Waals surface area contributed by atoms with Crippen molar-refractivity contribution in [1.29, 1.82) is 0 Å². The topological polar surface area (TPSA) is 72.3 Å². The lowest BCUT2D eigenvalue weighted by Crippen LogP contribution is -2.54. The molecule has 6 atom stereocenters. The molecular weight excluding hydrogens is 620 g/mol. The number of aliphatic hydroxyl groups is 1. The van der Waals surface area contributed by atoms with Crippen molar-refractivity contribution in [3.8, 4) is 0 Å². The Morgan fingerprint density at radius 3 is 1.56 bits per heavy atom. The fraction of sp³-hybridized carbons (Fsp3) is 0.545. The molecule has 0 heterocycles. The number of allylic oxidation sites excluding steroid dienone is 4. The van der Waals surface area contributed by atoms with Crippen LogP contribution in [-0.2, 0) is 27.2 Å². The van der Waals surface area contributed by atoms with Gasteiger partial charge in [-0.15, -0.1) is 0 Å². The molecule has 266 valence electrons. The maximum absolute atomic E-state index is 12.7. The molecule has 2 saturated carbocycles. The molecule has 2 aromatic rings. The first-order valence-corrected chi connectivity index (χ1v) is 17.6. The maximum atomic E-state index is 12.7. The van der Waals surface area contributed by atoms with Crippen LogP contribution in [-0.4, -0.2) is 35.0 Å². The van der Waals surface area contributed by atoms with Crippen LogP contribution in [0, 0.1) is 46.6 Å². The molecule has 50 heavy (non-hydrogen) atoms. The smallest absolute Gasteiger partial charge is 0.226 e. The lowest BCUT2D eigenvalue weighted by atomic mass is 9.50. The van der Waals surface area contributed by atoms with Crippen LogP contribution in [0.1, 0.15) is 98.6 Å². The monoisotopic (exact) mass is 676 g/mol. The highest BCUT2D eigenvalue weighted by atomic mass is 16.5. The van der Waals surface area contributed by atoms with Gasteiger partial charge < -0.3 is 19.4 Å². The quantitative estimate of drug-likeness (QED) is 0.320. The molecule has 0 unspecified atom stereocenters. The van der Waals surface area contributed by atoms with Crippen LogP contribution in [0.25, 0.3) is 9.69 Å². The van der Waals surface area contributed by atoms with Gasteiger partial charge in [-0.05, 0) is 72.3 Å². The third kappa shape index (κ3) is 7.16. The Kier molecular flexibility index (Phi) is 10.9. The van der Waals surface area contributed by atoms with E-state index in [9.17, 15) is 14.7 Å². The minimum absolute atomic E-state index is 0. The SMILES string of the molecule is C.[C-]#[N+]C1=C[C@]2(C)C[C@@](Cc3ccccc3)(OC)CC[C@H]2C(C)(C)C1=O.[C-]#[N+]C1=C[C@]2(C)C[C@](O)(Cc3ccccc3)CC[C@H]2C(C)(C)C1=O. The van der Waals surface area contributed by atoms with Crippen molar-refractivity contribution in [3.05, 3.63) is 118 Å². The minimum atomic E-state index is -0.785. The lowest BCUT2D eigenvalue weighted by Gasteiger charge is -2.55. The molecule has 0 aliphatic heterocycles. The molecular formula is C44H56N2O4. The van der Waals surface area contributed by atoms with Gasteiger partial charge in [0.2, 0.25) is 11.4 Å². The molecule has 2 aromatic carbocycles. The first-order chi connectivity index (χ1) is 23.0. The Labute approximate surface area is 300 Å². The van der Waals surface area contributed by atoms with Gasteiger partial charge in [0.1, 0.15) is 0 Å². The number of Topliss-reactive ketones (excluding diaryl/α,β-unsaturated/α-hetero) is 2. The molecule has 2 fully saturated rings. The summed E-state index contributed by atoms with van der Waals surface area (Å²) in [5.74, 6) is 0.363. The average molecular weight is 677 g/mol. The van der Waals surface area contributed by atoms with E-state index in [2.05, 4.69) is 47.8 Å². The number of fused-ring (bicyclic) bond motifs is 2. The van der Waals surface area contributed by atoms with E-state index in [1.54, 1.807) is 7.11 Å². The van der Waals surface area contributed by atoms with Crippen molar-refractivity contribution in [3.63, 3.8) is 0 Å². The third-order valence-corrected chi connectivity index (χ3v) is 12.5. The predicted octanol–water partition coefficient (Wildman–Crippen LogP) is 9.65. The number of carbonyl (C=O) groups excluding carboxylic acids is 2. The summed E-state index contributed by atoms with van der Waals surface area (Å²) in [6, 6.07) is 20.5. The Bertz CT molecular complexity index is 1730. The summed E-state index contributed by atoms with van der Waals surface area (Å²) in [6.45, 7) is 27.0. The molecule has 0 bridgehead atoms. The van der Waals surface area contributed by atoms with E-state index in [1.165, 1.54) is 5.56 Å². The Hall–Kier alpha value is -3.84. The molecule has 4 aliphatic carbocycles. The molecule has 0 amide bonds. The Morgan fingerprint density at radius 1 is 0.700 bits per heavy atom. The van der Waals surface area contributed by atoms with Gasteiger partial charge in [-0.1, -0.05) is 122 Å². The van der Waals surface area contributed by atoms with Crippen molar-refractivity contribution in [2.24, 2.45) is 33.5 Å². The van der Waals surface area contributed by atoms with Crippen LogP contribution >= 0.6 is 0 Å². The highest BCUT2D eigenvalue weighted by molar-refractivity contribution is 6.03. The number of ketones is 2. The molecule has 6 heteroatoms. The fourth-order valence-electron chi connectivity index (χ4n) is 10.4. The van der Waals surface area contributed by atoms with Crippen molar-refractivity contribution in [2.75, 3.05) is 7.11 Å². The van der Waals surface area contributed by atoms with Crippen LogP contribution in [0.5, 0.6) is 0 Å². The lowest BCUT2D eigenvalue weighted by molar-refractivity contribution is -0.141. The maximum Gasteiger partial charge on any atom is 0.226 e. The van der Waals surface area contributed by atoms with Crippen LogP contribution in [0.15, 0.2) is 84.2 Å². The largest absolute Gasteiger partial charge is 0.390 e. The van der Waals surface area contributed by atoms with E-state index in [1.807, 2.05) is 76.2 Å². The number of carbonyl (C=O) groups is 2. The summed E-state index contributed by atoms with van der Waals surface area (Å²) in [5.41, 5.74) is 0.361. The normalized spacial score (nSPS) is 33.7. The van der Waals surface area contributed by atoms with Gasteiger partial charge >= 0.3 is 0 Å². The number of hydrogen-bond donors (Lipinski definition) is 1. The first kappa shape index (κ1) is 39.0. The molecule has 0 saturated heterocycles. The van der Waals surface area contributed by atoms with Crippen molar-refractivity contribution in [1.82, 2.24) is 0 Å². The number of benzene rings is 2. The van der Waals surface area contributed by atoms with E-state index in [4.69, 9.17) is 17.9 Å². The Morgan fingerprint density at radius 2 is 1.12 bits per heavy atom. The zero-order valence-corrected chi connectivity index (χ0v) is 30.3. The molecule has 1 N–H and O–H groups in total. The van der Waals surface area contributed by atoms with Gasteiger partial charge in [0, 0.05) is 30.8 Å². The summed E-state index contributed by atoms with van der Waals surface area (Å²) in [7, 11) is 1.80. The van der Waals surface area contributed by atoms with E-state index in [-0.39, 0.29) is 53.0 Å². The molecule has 6 rings (SSSR count). The number of rotatable bonds is 5. The Balaban J connectivity index is 0.000000220. The van der Waals surface area contributed by atoms with Crippen LogP contribution in [0.3, 0.4) is 0 Å². The zero-order valence-electron chi connectivity index (χ0n) is 30.3. The van der Waals surface area contributed by atoms with Crippen molar-refractivity contribution < 1.29 is 19.4 Å². The summed E-state index contributed by atoms with van der Waals surface area (Å²) in [6.07, 6.45) is 10.1. The van der Waals surface area contributed by atoms with Gasteiger partial charge in [-0.25, -0.2) is 9.69 Å². The molecule has 4 aliphatic rings. The second kappa shape index (κ2) is 14.1. The minimum Gasteiger partial charge on any atom is -0.390 e. The second-order valence-corrected chi connectivity index (χ2v) is 16.9. The number of nitrogens with zero attached hydrogens (tertiary/aromatic N) is 2. The highest BCUT2D eigenvalue weighted by Gasteiger charge is 2.57. The van der Waals surface area contributed by atoms with Crippen LogP contribution in [0.4, 0.5) is 0 Å². The van der Waals surface area contributed by atoms with E-state index < -0.39 is 16.4 Å². The van der Waals surface area contributed by atoms with E-state index in [0.717, 1.165) is 37.7 Å². The van der Waals surface area contributed by atoms with Crippen molar-refractivity contribution in [2.45, 2.75) is 112 Å². The number of methoxy groups -OCH3 is 1. The third-order valence-electron chi connectivity index (χ3n) is 12.5. The first-order valence-electron chi connectivity index (χ1n) is 17.6. The highest BCUT2D eigenvalue weighted by Crippen LogP contribution is 2.59. The predicted molar refractivity (Wildman–Crippen MR) is 200 cm³/mol. The molecule has 0 spiro atoms. The molecule has 0 aromatic heterocycles. The average Bonchev–Trinajstić information content (AvgIpc) is 3.05. The van der Waals surface area contributed by atoms with Crippen LogP contribution in [0.2, 0.25) is 0 Å². The zero-order chi connectivity index (χ0) is 35.9. The van der Waals surface area contributed by atoms with Gasteiger partial charge in [0.25, 0.3) is 0 Å². The van der Waals surface area contributed by atoms with E-state index in [0.29, 0.717) is 25.0 Å². The summed E-state index contributed by atoms with van der Waals surface area (Å²) >= 11 is 0. The summed E-state index contributed by atoms with van der Waals surface area (Å²) in [5, 5.41) is 11.2. The summed E-state index contributed by atoms with van der Waals surface area (Å²) < 4.78 is 6.07. The molecule has 6 nitrogen and oxygen atoms in total. The molecule has 0 radical (unpaired) electrons. The van der Waals surface area contributed by atoms with Gasteiger partial charge in [-0.3, -0.25) is 0 Å². The van der Waals surface area contributed by atoms with Crippen LogP contribution < -0.4 is 0 Å². The van der Waals surface area contributed by atoms with Gasteiger partial charge in [0.15, 0.2) is 11.6 Å².